The van der Waals surface area contributed by atoms with Crippen molar-refractivity contribution in [2.75, 3.05) is 13.2 Å². The average Bonchev–Trinajstić information content (AvgIpc) is 2.59. The van der Waals surface area contributed by atoms with Crippen LogP contribution in [0, 0.1) is 0 Å². The van der Waals surface area contributed by atoms with Crippen LogP contribution in [0.4, 0.5) is 0 Å². The summed E-state index contributed by atoms with van der Waals surface area (Å²) >= 11 is 0. The predicted octanol–water partition coefficient (Wildman–Crippen LogP) is 2.87. The van der Waals surface area contributed by atoms with Gasteiger partial charge in [-0.25, -0.2) is 0 Å². The van der Waals surface area contributed by atoms with Crippen molar-refractivity contribution in [1.82, 2.24) is 5.32 Å². The van der Waals surface area contributed by atoms with Crippen LogP contribution in [0.3, 0.4) is 0 Å². The number of rotatable bonds is 7. The van der Waals surface area contributed by atoms with E-state index in [1.165, 1.54) is 5.56 Å². The highest BCUT2D eigenvalue weighted by Gasteiger charge is 2.04. The quantitative estimate of drug-likeness (QED) is 0.631. The van der Waals surface area contributed by atoms with Gasteiger partial charge in [-0.2, -0.15) is 0 Å². The van der Waals surface area contributed by atoms with E-state index >= 15 is 0 Å². The van der Waals surface area contributed by atoms with E-state index in [-0.39, 0.29) is 5.91 Å². The van der Waals surface area contributed by atoms with Gasteiger partial charge in [0.25, 0.3) is 5.91 Å². The molecule has 0 aliphatic rings. The maximum absolute atomic E-state index is 11.9. The minimum absolute atomic E-state index is 0.178. The van der Waals surface area contributed by atoms with E-state index in [1.807, 2.05) is 24.3 Å². The Bertz CT molecular complexity index is 618. The van der Waals surface area contributed by atoms with Crippen molar-refractivity contribution in [2.45, 2.75) is 13.3 Å². The first-order chi connectivity index (χ1) is 10.7. The monoisotopic (exact) mass is 297 g/mol. The summed E-state index contributed by atoms with van der Waals surface area (Å²) in [6.45, 7) is 2.93. The molecule has 0 fully saturated rings. The predicted molar refractivity (Wildman–Crippen MR) is 85.5 cm³/mol. The summed E-state index contributed by atoms with van der Waals surface area (Å²) < 4.78 is 5.57. The molecule has 1 N–H and O–H groups in total. The smallest absolute Gasteiger partial charge is 0.251 e. The van der Waals surface area contributed by atoms with Crippen molar-refractivity contribution in [1.29, 1.82) is 0 Å². The zero-order chi connectivity index (χ0) is 15.8. The SMILES string of the molecule is CCc1ccc(OCCNC(=O)c2ccc(C=O)cc2)cc1. The maximum atomic E-state index is 11.9. The molecule has 22 heavy (non-hydrogen) atoms. The van der Waals surface area contributed by atoms with Crippen LogP contribution in [-0.4, -0.2) is 25.3 Å². The summed E-state index contributed by atoms with van der Waals surface area (Å²) in [5.74, 6) is 0.615. The second-order valence-electron chi connectivity index (χ2n) is 4.84. The molecular formula is C18H19NO3. The maximum Gasteiger partial charge on any atom is 0.251 e. The minimum Gasteiger partial charge on any atom is -0.492 e. The number of carbonyl (C=O) groups is 2. The number of amides is 1. The third kappa shape index (κ3) is 4.45. The fourth-order valence-electron chi connectivity index (χ4n) is 1.97. The second-order valence-corrected chi connectivity index (χ2v) is 4.84. The zero-order valence-corrected chi connectivity index (χ0v) is 12.5. The van der Waals surface area contributed by atoms with Gasteiger partial charge in [-0.3, -0.25) is 9.59 Å². The van der Waals surface area contributed by atoms with Gasteiger partial charge in [0.15, 0.2) is 0 Å². The molecule has 1 amide bonds. The Morgan fingerprint density at radius 1 is 1.09 bits per heavy atom. The number of aryl methyl sites for hydroxylation is 1. The summed E-state index contributed by atoms with van der Waals surface area (Å²) in [6, 6.07) is 14.4. The lowest BCUT2D eigenvalue weighted by Crippen LogP contribution is -2.28. The van der Waals surface area contributed by atoms with Gasteiger partial charge in [0.1, 0.15) is 18.6 Å². The van der Waals surface area contributed by atoms with Gasteiger partial charge in [0.2, 0.25) is 0 Å². The van der Waals surface area contributed by atoms with Crippen LogP contribution < -0.4 is 10.1 Å². The molecule has 0 saturated heterocycles. The number of hydrogen-bond donors (Lipinski definition) is 1. The van der Waals surface area contributed by atoms with E-state index in [4.69, 9.17) is 4.74 Å². The molecule has 0 heterocycles. The Morgan fingerprint density at radius 3 is 2.36 bits per heavy atom. The molecule has 0 aliphatic heterocycles. The van der Waals surface area contributed by atoms with Crippen molar-refractivity contribution in [3.8, 4) is 5.75 Å². The molecule has 0 bridgehead atoms. The van der Waals surface area contributed by atoms with Crippen LogP contribution in [0.15, 0.2) is 48.5 Å². The summed E-state index contributed by atoms with van der Waals surface area (Å²) in [5.41, 5.74) is 2.34. The van der Waals surface area contributed by atoms with Gasteiger partial charge in [0, 0.05) is 11.1 Å². The highest BCUT2D eigenvalue weighted by atomic mass is 16.5. The van der Waals surface area contributed by atoms with Crippen molar-refractivity contribution in [2.24, 2.45) is 0 Å². The fourth-order valence-corrected chi connectivity index (χ4v) is 1.97. The highest BCUT2D eigenvalue weighted by molar-refractivity contribution is 5.94. The van der Waals surface area contributed by atoms with Gasteiger partial charge >= 0.3 is 0 Å². The van der Waals surface area contributed by atoms with E-state index < -0.39 is 0 Å². The number of nitrogens with one attached hydrogen (secondary N) is 1. The molecule has 4 nitrogen and oxygen atoms in total. The summed E-state index contributed by atoms with van der Waals surface area (Å²) in [4.78, 5) is 22.4. The van der Waals surface area contributed by atoms with Gasteiger partial charge in [-0.05, 0) is 36.2 Å². The van der Waals surface area contributed by atoms with Crippen LogP contribution in [0.5, 0.6) is 5.75 Å². The van der Waals surface area contributed by atoms with Gasteiger partial charge in [-0.15, -0.1) is 0 Å². The number of carbonyl (C=O) groups excluding carboxylic acids is 2. The molecule has 0 aliphatic carbocycles. The van der Waals surface area contributed by atoms with Crippen LogP contribution in [-0.2, 0) is 6.42 Å². The topological polar surface area (TPSA) is 55.4 Å². The van der Waals surface area contributed by atoms with E-state index in [0.717, 1.165) is 18.5 Å². The molecule has 2 aromatic rings. The lowest BCUT2D eigenvalue weighted by molar-refractivity contribution is 0.0946. The third-order valence-corrected chi connectivity index (χ3v) is 3.30. The molecular weight excluding hydrogens is 278 g/mol. The highest BCUT2D eigenvalue weighted by Crippen LogP contribution is 2.12. The standard InChI is InChI=1S/C18H19NO3/c1-2-14-5-9-17(10-6-14)22-12-11-19-18(21)16-7-3-15(13-20)4-8-16/h3-10,13H,2,11-12H2,1H3,(H,19,21). The minimum atomic E-state index is -0.178. The number of benzene rings is 2. The van der Waals surface area contributed by atoms with E-state index in [0.29, 0.717) is 24.3 Å². The van der Waals surface area contributed by atoms with Crippen LogP contribution in [0.25, 0.3) is 0 Å². The lowest BCUT2D eigenvalue weighted by Gasteiger charge is -2.08. The molecule has 0 aromatic heterocycles. The fraction of sp³-hybridized carbons (Fsp3) is 0.222. The van der Waals surface area contributed by atoms with Crippen LogP contribution >= 0.6 is 0 Å². The van der Waals surface area contributed by atoms with Crippen molar-refractivity contribution in [3.05, 3.63) is 65.2 Å². The number of hydrogen-bond acceptors (Lipinski definition) is 3. The van der Waals surface area contributed by atoms with Crippen molar-refractivity contribution < 1.29 is 14.3 Å². The molecule has 0 saturated carbocycles. The second kappa shape index (κ2) is 7.98. The summed E-state index contributed by atoms with van der Waals surface area (Å²) in [7, 11) is 0. The van der Waals surface area contributed by atoms with Crippen LogP contribution in [0.2, 0.25) is 0 Å². The largest absolute Gasteiger partial charge is 0.492 e. The molecule has 0 radical (unpaired) electrons. The third-order valence-electron chi connectivity index (χ3n) is 3.30. The molecule has 0 unspecified atom stereocenters. The van der Waals surface area contributed by atoms with E-state index in [9.17, 15) is 9.59 Å². The van der Waals surface area contributed by atoms with Gasteiger partial charge in [0.05, 0.1) is 6.54 Å². The first-order valence-corrected chi connectivity index (χ1v) is 7.28. The summed E-state index contributed by atoms with van der Waals surface area (Å²) in [6.07, 6.45) is 1.75. The zero-order valence-electron chi connectivity index (χ0n) is 12.5. The van der Waals surface area contributed by atoms with Crippen LogP contribution in [0.1, 0.15) is 33.2 Å². The lowest BCUT2D eigenvalue weighted by atomic mass is 10.1. The summed E-state index contributed by atoms with van der Waals surface area (Å²) in [5, 5.41) is 2.78. The number of ether oxygens (including phenoxy) is 1. The van der Waals surface area contributed by atoms with Crippen molar-refractivity contribution >= 4 is 12.2 Å². The normalized spacial score (nSPS) is 10.0. The Labute approximate surface area is 130 Å². The van der Waals surface area contributed by atoms with Crippen molar-refractivity contribution in [3.63, 3.8) is 0 Å². The first-order valence-electron chi connectivity index (χ1n) is 7.28. The van der Waals surface area contributed by atoms with E-state index in [2.05, 4.69) is 12.2 Å². The van der Waals surface area contributed by atoms with Gasteiger partial charge in [-0.1, -0.05) is 31.2 Å². The molecule has 2 rings (SSSR count). The number of aldehydes is 1. The average molecular weight is 297 g/mol. The first kappa shape index (κ1) is 15.8. The Kier molecular flexibility index (Phi) is 5.72. The molecule has 114 valence electrons. The Balaban J connectivity index is 1.75. The van der Waals surface area contributed by atoms with Gasteiger partial charge < -0.3 is 10.1 Å². The Morgan fingerprint density at radius 2 is 1.77 bits per heavy atom. The van der Waals surface area contributed by atoms with E-state index in [1.54, 1.807) is 24.3 Å². The molecule has 0 spiro atoms. The molecule has 0 atom stereocenters. The molecule has 4 heteroatoms. The Hall–Kier alpha value is -2.62. The molecule has 2 aromatic carbocycles.